The fourth-order valence-electron chi connectivity index (χ4n) is 3.88. The first-order chi connectivity index (χ1) is 17.7. The van der Waals surface area contributed by atoms with Crippen molar-refractivity contribution in [2.45, 2.75) is 51.5 Å². The van der Waals surface area contributed by atoms with Gasteiger partial charge in [0.15, 0.2) is 0 Å². The Balaban J connectivity index is 1.49. The molecule has 37 heavy (non-hydrogen) atoms. The van der Waals surface area contributed by atoms with Crippen molar-refractivity contribution in [2.24, 2.45) is 11.3 Å². The Labute approximate surface area is 225 Å². The van der Waals surface area contributed by atoms with Crippen LogP contribution in [0.4, 0.5) is 0 Å². The molecule has 0 spiro atoms. The molecule has 0 saturated carbocycles. The lowest BCUT2D eigenvalue weighted by atomic mass is 9.88. The average molecular weight is 519 g/mol. The van der Waals surface area contributed by atoms with Gasteiger partial charge in [0.1, 0.15) is 11.5 Å². The normalized spacial score (nSPS) is 13.0. The highest BCUT2D eigenvalue weighted by molar-refractivity contribution is 7.99. The monoisotopic (exact) mass is 518 g/mol. The molecule has 5 heteroatoms. The van der Waals surface area contributed by atoms with Crippen LogP contribution in [-0.2, 0) is 4.79 Å². The zero-order chi connectivity index (χ0) is 26.8. The average Bonchev–Trinajstić information content (AvgIpc) is 2.89. The zero-order valence-corrected chi connectivity index (χ0v) is 23.1. The molecule has 3 aromatic carbocycles. The first-order valence-electron chi connectivity index (χ1n) is 12.7. The molecule has 0 aliphatic heterocycles. The molecule has 3 rings (SSSR count). The SMILES string of the molecule is C=C[C@@H](CSc1ccccc1)[C@@H](O)c1ccc(OC(=O)C(C)(C)CCCOc2cc(C)ccc2C)cc1. The van der Waals surface area contributed by atoms with Crippen LogP contribution in [0.5, 0.6) is 11.5 Å². The van der Waals surface area contributed by atoms with Crippen molar-refractivity contribution in [3.63, 3.8) is 0 Å². The summed E-state index contributed by atoms with van der Waals surface area (Å²) in [5, 5.41) is 10.9. The number of esters is 1. The van der Waals surface area contributed by atoms with Gasteiger partial charge in [-0.05, 0) is 87.6 Å². The lowest BCUT2D eigenvalue weighted by molar-refractivity contribution is -0.144. The van der Waals surface area contributed by atoms with E-state index in [-0.39, 0.29) is 11.9 Å². The second-order valence-electron chi connectivity index (χ2n) is 10.0. The summed E-state index contributed by atoms with van der Waals surface area (Å²) in [5.41, 5.74) is 2.38. The van der Waals surface area contributed by atoms with Crippen LogP contribution < -0.4 is 9.47 Å². The fourth-order valence-corrected chi connectivity index (χ4v) is 4.94. The number of carbonyl (C=O) groups excluding carboxylic acids is 1. The molecule has 0 aliphatic rings. The summed E-state index contributed by atoms with van der Waals surface area (Å²) in [6.45, 7) is 12.3. The molecule has 0 unspecified atom stereocenters. The Bertz CT molecular complexity index is 1160. The molecule has 0 saturated heterocycles. The van der Waals surface area contributed by atoms with E-state index in [9.17, 15) is 9.90 Å². The van der Waals surface area contributed by atoms with Crippen LogP contribution in [0.25, 0.3) is 0 Å². The van der Waals surface area contributed by atoms with Gasteiger partial charge in [-0.3, -0.25) is 4.79 Å². The second kappa shape index (κ2) is 13.5. The van der Waals surface area contributed by atoms with Crippen LogP contribution in [0, 0.1) is 25.2 Å². The number of hydrogen-bond donors (Lipinski definition) is 1. The molecule has 0 aliphatic carbocycles. The standard InChI is InChI=1S/C32H38O4S/c1-6-25(22-37-28-11-8-7-9-12-28)30(33)26-15-17-27(18-16-26)36-31(34)32(4,5)19-10-20-35-29-21-23(2)13-14-24(29)3/h6-9,11-18,21,25,30,33H,1,10,19-20,22H2,2-5H3/t25-,30+/m0/s1. The van der Waals surface area contributed by atoms with Gasteiger partial charge >= 0.3 is 5.97 Å². The van der Waals surface area contributed by atoms with E-state index in [4.69, 9.17) is 9.47 Å². The third-order valence-corrected chi connectivity index (χ3v) is 7.58. The quantitative estimate of drug-likeness (QED) is 0.0825. The van der Waals surface area contributed by atoms with Crippen LogP contribution in [0.1, 0.15) is 49.5 Å². The number of carbonyl (C=O) groups is 1. The van der Waals surface area contributed by atoms with Crippen LogP contribution in [0.15, 0.2) is 90.3 Å². The topological polar surface area (TPSA) is 55.8 Å². The van der Waals surface area contributed by atoms with Crippen molar-refractivity contribution in [1.82, 2.24) is 0 Å². The van der Waals surface area contributed by atoms with E-state index in [1.807, 2.05) is 64.1 Å². The first kappa shape index (κ1) is 28.5. The smallest absolute Gasteiger partial charge is 0.316 e. The van der Waals surface area contributed by atoms with Crippen LogP contribution >= 0.6 is 11.8 Å². The van der Waals surface area contributed by atoms with Crippen LogP contribution in [-0.4, -0.2) is 23.4 Å². The van der Waals surface area contributed by atoms with Gasteiger partial charge in [-0.15, -0.1) is 18.3 Å². The summed E-state index contributed by atoms with van der Waals surface area (Å²) < 4.78 is 11.6. The molecule has 196 valence electrons. The molecule has 0 aromatic heterocycles. The molecule has 1 N–H and O–H groups in total. The molecular formula is C32H38O4S. The minimum absolute atomic E-state index is 0.108. The van der Waals surface area contributed by atoms with Crippen LogP contribution in [0.3, 0.4) is 0 Å². The van der Waals surface area contributed by atoms with Crippen molar-refractivity contribution < 1.29 is 19.4 Å². The molecule has 2 atom stereocenters. The summed E-state index contributed by atoms with van der Waals surface area (Å²) in [6.07, 6.45) is 2.49. The number of rotatable bonds is 13. The largest absolute Gasteiger partial charge is 0.493 e. The number of aryl methyl sites for hydroxylation is 2. The van der Waals surface area contributed by atoms with E-state index in [2.05, 4.69) is 30.8 Å². The minimum Gasteiger partial charge on any atom is -0.493 e. The number of aliphatic hydroxyl groups excluding tert-OH is 1. The van der Waals surface area contributed by atoms with Gasteiger partial charge in [0.2, 0.25) is 0 Å². The Morgan fingerprint density at radius 3 is 2.43 bits per heavy atom. The predicted octanol–water partition coefficient (Wildman–Crippen LogP) is 7.72. The predicted molar refractivity (Wildman–Crippen MR) is 152 cm³/mol. The van der Waals surface area contributed by atoms with Gasteiger partial charge in [-0.1, -0.05) is 48.5 Å². The fraction of sp³-hybridized carbons (Fsp3) is 0.344. The highest BCUT2D eigenvalue weighted by atomic mass is 32.2. The first-order valence-corrected chi connectivity index (χ1v) is 13.7. The number of benzene rings is 3. The Hall–Kier alpha value is -3.02. The van der Waals surface area contributed by atoms with E-state index >= 15 is 0 Å². The van der Waals surface area contributed by atoms with Crippen molar-refractivity contribution >= 4 is 17.7 Å². The Morgan fingerprint density at radius 1 is 1.05 bits per heavy atom. The molecule has 4 nitrogen and oxygen atoms in total. The van der Waals surface area contributed by atoms with Crippen molar-refractivity contribution in [3.05, 3.63) is 102 Å². The zero-order valence-electron chi connectivity index (χ0n) is 22.3. The van der Waals surface area contributed by atoms with E-state index in [0.717, 1.165) is 33.8 Å². The summed E-state index contributed by atoms with van der Waals surface area (Å²) in [5.74, 6) is 1.68. The van der Waals surface area contributed by atoms with Crippen molar-refractivity contribution in [3.8, 4) is 11.5 Å². The number of ether oxygens (including phenoxy) is 2. The maximum atomic E-state index is 12.9. The van der Waals surface area contributed by atoms with E-state index < -0.39 is 11.5 Å². The van der Waals surface area contributed by atoms with Gasteiger partial charge in [0, 0.05) is 16.6 Å². The molecule has 3 aromatic rings. The number of thioether (sulfide) groups is 1. The van der Waals surface area contributed by atoms with Gasteiger partial charge in [-0.25, -0.2) is 0 Å². The molecule has 0 radical (unpaired) electrons. The third-order valence-electron chi connectivity index (χ3n) is 6.43. The van der Waals surface area contributed by atoms with E-state index in [1.54, 1.807) is 30.0 Å². The molecule has 0 heterocycles. The van der Waals surface area contributed by atoms with Crippen molar-refractivity contribution in [1.29, 1.82) is 0 Å². The number of hydrogen-bond acceptors (Lipinski definition) is 5. The van der Waals surface area contributed by atoms with Crippen LogP contribution in [0.2, 0.25) is 0 Å². The van der Waals surface area contributed by atoms with E-state index in [1.165, 1.54) is 0 Å². The molecule has 0 amide bonds. The summed E-state index contributed by atoms with van der Waals surface area (Å²) in [6, 6.07) is 23.3. The minimum atomic E-state index is -0.688. The van der Waals surface area contributed by atoms with Gasteiger partial charge in [0.25, 0.3) is 0 Å². The van der Waals surface area contributed by atoms with Gasteiger partial charge in [0.05, 0.1) is 18.1 Å². The lowest BCUT2D eigenvalue weighted by Gasteiger charge is -2.23. The maximum absolute atomic E-state index is 12.9. The lowest BCUT2D eigenvalue weighted by Crippen LogP contribution is -2.29. The van der Waals surface area contributed by atoms with Gasteiger partial charge in [-0.2, -0.15) is 0 Å². The second-order valence-corrected chi connectivity index (χ2v) is 11.1. The molecular weight excluding hydrogens is 480 g/mol. The Kier molecular flexibility index (Phi) is 10.4. The third kappa shape index (κ3) is 8.51. The van der Waals surface area contributed by atoms with E-state index in [0.29, 0.717) is 24.5 Å². The highest BCUT2D eigenvalue weighted by Crippen LogP contribution is 2.31. The summed E-state index contributed by atoms with van der Waals surface area (Å²) in [7, 11) is 0. The molecule has 0 fully saturated rings. The highest BCUT2D eigenvalue weighted by Gasteiger charge is 2.29. The van der Waals surface area contributed by atoms with Crippen molar-refractivity contribution in [2.75, 3.05) is 12.4 Å². The summed E-state index contributed by atoms with van der Waals surface area (Å²) in [4.78, 5) is 14.0. The summed E-state index contributed by atoms with van der Waals surface area (Å²) >= 11 is 1.69. The number of aliphatic hydroxyl groups is 1. The van der Waals surface area contributed by atoms with Gasteiger partial charge < -0.3 is 14.6 Å². The maximum Gasteiger partial charge on any atom is 0.316 e. The Morgan fingerprint density at radius 2 is 1.76 bits per heavy atom. The molecule has 0 bridgehead atoms.